The Hall–Kier alpha value is -4.27. The van der Waals surface area contributed by atoms with Gasteiger partial charge in [0.2, 0.25) is 0 Å². The highest BCUT2D eigenvalue weighted by Crippen LogP contribution is 2.40. The summed E-state index contributed by atoms with van der Waals surface area (Å²) in [5.41, 5.74) is 5.57. The van der Waals surface area contributed by atoms with Crippen molar-refractivity contribution in [2.24, 2.45) is 7.05 Å². The number of nitrogens with one attached hydrogen (secondary N) is 3. The zero-order valence-electron chi connectivity index (χ0n) is 19.7. The van der Waals surface area contributed by atoms with Crippen LogP contribution in [0.15, 0.2) is 54.9 Å². The van der Waals surface area contributed by atoms with Crippen LogP contribution >= 0.6 is 0 Å². The largest absolute Gasteiger partial charge is 0.348 e. The fourth-order valence-corrected chi connectivity index (χ4v) is 4.13. The molecule has 3 amide bonds. The highest BCUT2D eigenvalue weighted by molar-refractivity contribution is 6.06. The maximum atomic E-state index is 13.2. The molecule has 4 aromatic rings. The summed E-state index contributed by atoms with van der Waals surface area (Å²) in [5, 5.41) is 13.9. The van der Waals surface area contributed by atoms with Crippen molar-refractivity contribution in [3.63, 3.8) is 0 Å². The SMILES string of the molecule is Cc1nn(C)c2nc(C3CC3)cc(C(=O)NCc3cccc(NC(=O)NCc4ccncc4)c3)c12. The van der Waals surface area contributed by atoms with Crippen LogP contribution in [0.2, 0.25) is 0 Å². The number of urea groups is 1. The number of aromatic nitrogens is 4. The number of pyridine rings is 2. The van der Waals surface area contributed by atoms with Crippen molar-refractivity contribution in [3.05, 3.63) is 82.9 Å². The lowest BCUT2D eigenvalue weighted by Gasteiger charge is -2.11. The van der Waals surface area contributed by atoms with E-state index < -0.39 is 0 Å². The predicted octanol–water partition coefficient (Wildman–Crippen LogP) is 3.80. The summed E-state index contributed by atoms with van der Waals surface area (Å²) >= 11 is 0. The average Bonchev–Trinajstić information content (AvgIpc) is 3.67. The van der Waals surface area contributed by atoms with E-state index in [1.165, 1.54) is 0 Å². The van der Waals surface area contributed by atoms with Crippen molar-refractivity contribution in [2.75, 3.05) is 5.32 Å². The standard InChI is InChI=1S/C26H27N7O2/c1-16-23-21(13-22(19-6-7-19)31-24(23)33(2)32-16)25(34)28-15-18-4-3-5-20(12-18)30-26(35)29-14-17-8-10-27-11-9-17/h3-5,8-13,19H,6-7,14-15H2,1-2H3,(H,28,34)(H2,29,30,35). The summed E-state index contributed by atoms with van der Waals surface area (Å²) < 4.78 is 1.74. The molecule has 3 N–H and O–H groups in total. The van der Waals surface area contributed by atoms with Gasteiger partial charge in [-0.1, -0.05) is 12.1 Å². The normalized spacial score (nSPS) is 13.0. The first-order valence-electron chi connectivity index (χ1n) is 11.6. The van der Waals surface area contributed by atoms with Crippen molar-refractivity contribution in [1.29, 1.82) is 0 Å². The number of hydrogen-bond donors (Lipinski definition) is 3. The molecule has 1 fully saturated rings. The Morgan fingerprint density at radius 3 is 2.57 bits per heavy atom. The highest BCUT2D eigenvalue weighted by atomic mass is 16.2. The molecule has 1 aliphatic rings. The van der Waals surface area contributed by atoms with Gasteiger partial charge in [-0.25, -0.2) is 9.78 Å². The number of hydrogen-bond acceptors (Lipinski definition) is 5. The van der Waals surface area contributed by atoms with E-state index in [-0.39, 0.29) is 11.9 Å². The molecule has 0 unspecified atom stereocenters. The van der Waals surface area contributed by atoms with Crippen LogP contribution in [0.25, 0.3) is 11.0 Å². The summed E-state index contributed by atoms with van der Waals surface area (Å²) in [4.78, 5) is 34.2. The van der Waals surface area contributed by atoms with Crippen molar-refractivity contribution >= 4 is 28.7 Å². The molecule has 1 aromatic carbocycles. The molecule has 3 heterocycles. The van der Waals surface area contributed by atoms with E-state index in [0.717, 1.165) is 46.4 Å². The third-order valence-corrected chi connectivity index (χ3v) is 6.07. The minimum Gasteiger partial charge on any atom is -0.348 e. The number of benzene rings is 1. The first-order chi connectivity index (χ1) is 17.0. The number of carbonyl (C=O) groups is 2. The predicted molar refractivity (Wildman–Crippen MR) is 133 cm³/mol. The molecule has 0 radical (unpaired) electrons. The second-order valence-electron chi connectivity index (χ2n) is 8.82. The first-order valence-corrected chi connectivity index (χ1v) is 11.6. The van der Waals surface area contributed by atoms with Crippen molar-refractivity contribution in [2.45, 2.75) is 38.8 Å². The van der Waals surface area contributed by atoms with Crippen LogP contribution in [0, 0.1) is 6.92 Å². The molecule has 9 heteroatoms. The summed E-state index contributed by atoms with van der Waals surface area (Å²) in [6.07, 6.45) is 5.58. The van der Waals surface area contributed by atoms with Gasteiger partial charge in [0.25, 0.3) is 5.91 Å². The fraction of sp³-hybridized carbons (Fsp3) is 0.269. The van der Waals surface area contributed by atoms with Crippen molar-refractivity contribution in [3.8, 4) is 0 Å². The zero-order chi connectivity index (χ0) is 24.4. The quantitative estimate of drug-likeness (QED) is 0.381. The van der Waals surface area contributed by atoms with Gasteiger partial charge in [0.1, 0.15) is 0 Å². The minimum atomic E-state index is -0.304. The van der Waals surface area contributed by atoms with Gasteiger partial charge in [-0.15, -0.1) is 0 Å². The summed E-state index contributed by atoms with van der Waals surface area (Å²) in [6.45, 7) is 2.63. The van der Waals surface area contributed by atoms with E-state index >= 15 is 0 Å². The number of anilines is 1. The topological polar surface area (TPSA) is 114 Å². The fourth-order valence-electron chi connectivity index (χ4n) is 4.13. The van der Waals surface area contributed by atoms with E-state index in [0.29, 0.717) is 30.3 Å². The maximum Gasteiger partial charge on any atom is 0.319 e. The Balaban J connectivity index is 1.25. The number of aryl methyl sites for hydroxylation is 2. The molecule has 3 aromatic heterocycles. The Bertz CT molecular complexity index is 1390. The van der Waals surface area contributed by atoms with Crippen molar-refractivity contribution in [1.82, 2.24) is 30.4 Å². The molecular weight excluding hydrogens is 442 g/mol. The average molecular weight is 470 g/mol. The van der Waals surface area contributed by atoms with E-state index in [1.54, 1.807) is 17.1 Å². The van der Waals surface area contributed by atoms with Gasteiger partial charge in [-0.3, -0.25) is 14.5 Å². The molecule has 0 saturated heterocycles. The second-order valence-corrected chi connectivity index (χ2v) is 8.82. The van der Waals surface area contributed by atoms with Gasteiger partial charge >= 0.3 is 6.03 Å². The molecule has 0 spiro atoms. The lowest BCUT2D eigenvalue weighted by atomic mass is 10.1. The van der Waals surface area contributed by atoms with Gasteiger partial charge in [0.05, 0.1) is 16.6 Å². The van der Waals surface area contributed by atoms with Gasteiger partial charge in [0.15, 0.2) is 5.65 Å². The third-order valence-electron chi connectivity index (χ3n) is 6.07. The molecule has 0 bridgehead atoms. The minimum absolute atomic E-state index is 0.163. The van der Waals surface area contributed by atoms with Gasteiger partial charge in [0, 0.05) is 49.8 Å². The van der Waals surface area contributed by atoms with Gasteiger partial charge < -0.3 is 16.0 Å². The molecule has 178 valence electrons. The van der Waals surface area contributed by atoms with Crippen LogP contribution in [-0.2, 0) is 20.1 Å². The summed E-state index contributed by atoms with van der Waals surface area (Å²) in [5.74, 6) is 0.262. The smallest absolute Gasteiger partial charge is 0.319 e. The Labute approximate surface area is 203 Å². The molecule has 0 aliphatic heterocycles. The van der Waals surface area contributed by atoms with Crippen LogP contribution in [0.5, 0.6) is 0 Å². The molecule has 1 aliphatic carbocycles. The van der Waals surface area contributed by atoms with Gasteiger partial charge in [-0.05, 0) is 61.2 Å². The van der Waals surface area contributed by atoms with E-state index in [1.807, 2.05) is 56.4 Å². The van der Waals surface area contributed by atoms with E-state index in [4.69, 9.17) is 4.98 Å². The van der Waals surface area contributed by atoms with Crippen LogP contribution < -0.4 is 16.0 Å². The third kappa shape index (κ3) is 5.13. The lowest BCUT2D eigenvalue weighted by molar-refractivity contribution is 0.0952. The van der Waals surface area contributed by atoms with E-state index in [9.17, 15) is 9.59 Å². The first kappa shape index (κ1) is 22.5. The number of fused-ring (bicyclic) bond motifs is 1. The Morgan fingerprint density at radius 2 is 1.80 bits per heavy atom. The molecule has 1 saturated carbocycles. The van der Waals surface area contributed by atoms with Crippen LogP contribution in [0.3, 0.4) is 0 Å². The van der Waals surface area contributed by atoms with Crippen LogP contribution in [0.1, 0.15) is 51.6 Å². The number of amides is 3. The van der Waals surface area contributed by atoms with Crippen LogP contribution in [0.4, 0.5) is 10.5 Å². The molecule has 35 heavy (non-hydrogen) atoms. The van der Waals surface area contributed by atoms with Crippen molar-refractivity contribution < 1.29 is 9.59 Å². The molecule has 0 atom stereocenters. The molecule has 9 nitrogen and oxygen atoms in total. The highest BCUT2D eigenvalue weighted by Gasteiger charge is 2.28. The second kappa shape index (κ2) is 9.54. The summed E-state index contributed by atoms with van der Waals surface area (Å²) in [7, 11) is 1.85. The summed E-state index contributed by atoms with van der Waals surface area (Å²) in [6, 6.07) is 12.7. The Kier molecular flexibility index (Phi) is 6.13. The number of rotatable bonds is 7. The van der Waals surface area contributed by atoms with E-state index in [2.05, 4.69) is 26.0 Å². The van der Waals surface area contributed by atoms with Crippen LogP contribution in [-0.4, -0.2) is 31.7 Å². The molecule has 5 rings (SSSR count). The molecular formula is C26H27N7O2. The monoisotopic (exact) mass is 469 g/mol. The maximum absolute atomic E-state index is 13.2. The number of nitrogens with zero attached hydrogens (tertiary/aromatic N) is 4. The van der Waals surface area contributed by atoms with Gasteiger partial charge in [-0.2, -0.15) is 5.10 Å². The zero-order valence-corrected chi connectivity index (χ0v) is 19.7. The number of carbonyl (C=O) groups excluding carboxylic acids is 2. The Morgan fingerprint density at radius 1 is 1.03 bits per heavy atom. The lowest BCUT2D eigenvalue weighted by Crippen LogP contribution is -2.28.